The summed E-state index contributed by atoms with van der Waals surface area (Å²) in [6.07, 6.45) is 4.18. The number of nitrogens with one attached hydrogen (secondary N) is 1. The van der Waals surface area contributed by atoms with Crippen LogP contribution in [0.5, 0.6) is 0 Å². The summed E-state index contributed by atoms with van der Waals surface area (Å²) in [6.45, 7) is 1.14. The van der Waals surface area contributed by atoms with Crippen LogP contribution in [0.2, 0.25) is 0 Å². The molecule has 7 nitrogen and oxygen atoms in total. The summed E-state index contributed by atoms with van der Waals surface area (Å²) in [4.78, 5) is 23.2. The van der Waals surface area contributed by atoms with Crippen LogP contribution in [0.1, 0.15) is 38.5 Å². The molecule has 19 heavy (non-hydrogen) atoms. The maximum absolute atomic E-state index is 11.6. The van der Waals surface area contributed by atoms with Crippen LogP contribution in [-0.2, 0) is 9.59 Å². The maximum Gasteiger partial charge on any atom is 0.243 e. The summed E-state index contributed by atoms with van der Waals surface area (Å²) in [5, 5.41) is 2.24. The quantitative estimate of drug-likeness (QED) is 0.307. The van der Waals surface area contributed by atoms with Crippen LogP contribution in [-0.4, -0.2) is 37.0 Å². The van der Waals surface area contributed by atoms with E-state index in [2.05, 4.69) is 5.32 Å². The Labute approximate surface area is 114 Å². The summed E-state index contributed by atoms with van der Waals surface area (Å²) in [7, 11) is 0. The molecular weight excluding hydrogens is 246 g/mol. The first-order valence-corrected chi connectivity index (χ1v) is 6.79. The number of hydrogen-bond donors (Lipinski definition) is 5. The van der Waals surface area contributed by atoms with E-state index in [0.717, 1.165) is 25.7 Å². The molecule has 9 N–H and O–H groups in total. The second-order valence-corrected chi connectivity index (χ2v) is 4.64. The summed E-state index contributed by atoms with van der Waals surface area (Å²) in [5.74, 6) is -0.951. The first-order valence-electron chi connectivity index (χ1n) is 6.79. The highest BCUT2D eigenvalue weighted by molar-refractivity contribution is 5.99. The van der Waals surface area contributed by atoms with Crippen molar-refractivity contribution in [2.75, 3.05) is 13.1 Å². The topological polar surface area (TPSA) is 150 Å². The molecule has 7 heteroatoms. The molecular formula is C12H27N5O2. The fourth-order valence-electron chi connectivity index (χ4n) is 1.59. The molecule has 2 amide bonds. The number of carbonyl (C=O) groups excluding carboxylic acids is 2. The van der Waals surface area contributed by atoms with Gasteiger partial charge in [0.25, 0.3) is 0 Å². The Morgan fingerprint density at radius 2 is 1.16 bits per heavy atom. The number of rotatable bonds is 10. The zero-order valence-electron chi connectivity index (χ0n) is 11.4. The lowest BCUT2D eigenvalue weighted by atomic mass is 10.1. The van der Waals surface area contributed by atoms with Crippen molar-refractivity contribution in [2.24, 2.45) is 22.9 Å². The Balaban J connectivity index is 3.92. The van der Waals surface area contributed by atoms with Crippen molar-refractivity contribution in [3.63, 3.8) is 0 Å². The van der Waals surface area contributed by atoms with Crippen molar-refractivity contribution in [1.29, 1.82) is 0 Å². The zero-order valence-corrected chi connectivity index (χ0v) is 11.4. The van der Waals surface area contributed by atoms with Gasteiger partial charge in [-0.05, 0) is 38.8 Å². The summed E-state index contributed by atoms with van der Waals surface area (Å²) in [6, 6.07) is -1.38. The van der Waals surface area contributed by atoms with Gasteiger partial charge in [0.2, 0.25) is 11.8 Å². The zero-order chi connectivity index (χ0) is 14.7. The van der Waals surface area contributed by atoms with Crippen LogP contribution in [0.4, 0.5) is 0 Å². The second-order valence-electron chi connectivity index (χ2n) is 4.64. The summed E-state index contributed by atoms with van der Waals surface area (Å²) < 4.78 is 0. The molecule has 0 aromatic rings. The van der Waals surface area contributed by atoms with E-state index in [1.807, 2.05) is 0 Å². The lowest BCUT2D eigenvalue weighted by Crippen LogP contribution is -2.49. The molecule has 112 valence electrons. The molecule has 0 bridgehead atoms. The monoisotopic (exact) mass is 273 g/mol. The third-order valence-corrected chi connectivity index (χ3v) is 2.86. The standard InChI is InChI=1S/C12H27N5O2/c13-7-3-1-5-9(15)11(18)17-12(19)10(16)6-2-4-8-14/h9-10H,1-8,13-16H2,(H,17,18,19)/t9-,10-/m0/s1. The summed E-state index contributed by atoms with van der Waals surface area (Å²) in [5.41, 5.74) is 22.0. The van der Waals surface area contributed by atoms with Crippen molar-refractivity contribution in [2.45, 2.75) is 50.6 Å². The van der Waals surface area contributed by atoms with Gasteiger partial charge in [-0.15, -0.1) is 0 Å². The molecule has 0 aromatic heterocycles. The largest absolute Gasteiger partial charge is 0.330 e. The third-order valence-electron chi connectivity index (χ3n) is 2.86. The molecule has 0 radical (unpaired) electrons. The number of carbonyl (C=O) groups is 2. The van der Waals surface area contributed by atoms with Crippen LogP contribution >= 0.6 is 0 Å². The molecule has 0 saturated carbocycles. The van der Waals surface area contributed by atoms with E-state index < -0.39 is 23.9 Å². The van der Waals surface area contributed by atoms with Crippen LogP contribution in [0.3, 0.4) is 0 Å². The van der Waals surface area contributed by atoms with Crippen molar-refractivity contribution in [3.8, 4) is 0 Å². The first kappa shape index (κ1) is 18.0. The molecule has 0 aromatic carbocycles. The van der Waals surface area contributed by atoms with E-state index in [-0.39, 0.29) is 0 Å². The van der Waals surface area contributed by atoms with Gasteiger partial charge in [-0.1, -0.05) is 12.8 Å². The minimum atomic E-state index is -0.688. The smallest absolute Gasteiger partial charge is 0.243 e. The minimum Gasteiger partial charge on any atom is -0.330 e. The highest BCUT2D eigenvalue weighted by Crippen LogP contribution is 2.00. The predicted molar refractivity (Wildman–Crippen MR) is 74.9 cm³/mol. The molecule has 0 saturated heterocycles. The van der Waals surface area contributed by atoms with E-state index >= 15 is 0 Å². The van der Waals surface area contributed by atoms with Crippen LogP contribution in [0, 0.1) is 0 Å². The molecule has 0 heterocycles. The lowest BCUT2D eigenvalue weighted by Gasteiger charge is -2.14. The highest BCUT2D eigenvalue weighted by atomic mass is 16.2. The number of unbranched alkanes of at least 4 members (excludes halogenated alkanes) is 2. The Morgan fingerprint density at radius 1 is 0.789 bits per heavy atom. The molecule has 0 rings (SSSR count). The molecule has 0 fully saturated rings. The van der Waals surface area contributed by atoms with E-state index in [0.29, 0.717) is 25.9 Å². The molecule has 0 aliphatic rings. The van der Waals surface area contributed by atoms with Gasteiger partial charge in [-0.2, -0.15) is 0 Å². The van der Waals surface area contributed by atoms with Gasteiger partial charge in [0.1, 0.15) is 0 Å². The van der Waals surface area contributed by atoms with E-state index in [1.165, 1.54) is 0 Å². The number of amides is 2. The van der Waals surface area contributed by atoms with Crippen LogP contribution in [0.25, 0.3) is 0 Å². The van der Waals surface area contributed by atoms with E-state index in [1.54, 1.807) is 0 Å². The van der Waals surface area contributed by atoms with Gasteiger partial charge in [0, 0.05) is 0 Å². The van der Waals surface area contributed by atoms with Gasteiger partial charge in [0.15, 0.2) is 0 Å². The molecule has 0 aliphatic carbocycles. The maximum atomic E-state index is 11.6. The highest BCUT2D eigenvalue weighted by Gasteiger charge is 2.19. The van der Waals surface area contributed by atoms with Crippen molar-refractivity contribution in [3.05, 3.63) is 0 Å². The fraction of sp³-hybridized carbons (Fsp3) is 0.833. The molecule has 0 unspecified atom stereocenters. The normalized spacial score (nSPS) is 13.9. The minimum absolute atomic E-state index is 0.476. The van der Waals surface area contributed by atoms with E-state index in [4.69, 9.17) is 22.9 Å². The Bertz CT molecular complexity index is 247. The lowest BCUT2D eigenvalue weighted by molar-refractivity contribution is -0.132. The van der Waals surface area contributed by atoms with Gasteiger partial charge >= 0.3 is 0 Å². The van der Waals surface area contributed by atoms with Crippen LogP contribution in [0.15, 0.2) is 0 Å². The van der Waals surface area contributed by atoms with Gasteiger partial charge in [-0.25, -0.2) is 0 Å². The predicted octanol–water partition coefficient (Wildman–Crippen LogP) is -1.46. The van der Waals surface area contributed by atoms with Crippen molar-refractivity contribution < 1.29 is 9.59 Å². The fourth-order valence-corrected chi connectivity index (χ4v) is 1.59. The average molecular weight is 273 g/mol. The van der Waals surface area contributed by atoms with E-state index in [9.17, 15) is 9.59 Å². The number of imide groups is 1. The van der Waals surface area contributed by atoms with Gasteiger partial charge < -0.3 is 22.9 Å². The third kappa shape index (κ3) is 8.66. The molecule has 0 aliphatic heterocycles. The Morgan fingerprint density at radius 3 is 1.47 bits per heavy atom. The summed E-state index contributed by atoms with van der Waals surface area (Å²) >= 11 is 0. The average Bonchev–Trinajstić information content (AvgIpc) is 2.38. The molecule has 2 atom stereocenters. The van der Waals surface area contributed by atoms with Crippen LogP contribution < -0.4 is 28.3 Å². The van der Waals surface area contributed by atoms with Crippen molar-refractivity contribution >= 4 is 11.8 Å². The van der Waals surface area contributed by atoms with Gasteiger partial charge in [0.05, 0.1) is 12.1 Å². The second kappa shape index (κ2) is 10.9. The van der Waals surface area contributed by atoms with Gasteiger partial charge in [-0.3, -0.25) is 14.9 Å². The Hall–Kier alpha value is -1.02. The SMILES string of the molecule is NCCCC[C@H](N)C(=O)NC(=O)[C@@H](N)CCCCN. The molecule has 0 spiro atoms. The van der Waals surface area contributed by atoms with Crippen molar-refractivity contribution in [1.82, 2.24) is 5.32 Å². The first-order chi connectivity index (χ1) is 9.02. The Kier molecular flexibility index (Phi) is 10.3. The number of hydrogen-bond acceptors (Lipinski definition) is 6. The number of nitrogens with two attached hydrogens (primary N) is 4.